The Morgan fingerprint density at radius 1 is 0.929 bits per heavy atom. The molecule has 152 valence electrons. The molecule has 2 rings (SSSR count). The summed E-state index contributed by atoms with van der Waals surface area (Å²) in [5.41, 5.74) is 1.94. The summed E-state index contributed by atoms with van der Waals surface area (Å²) < 4.78 is 16.1. The van der Waals surface area contributed by atoms with Crippen molar-refractivity contribution in [2.75, 3.05) is 21.3 Å². The molecule has 5 heteroatoms. The van der Waals surface area contributed by atoms with Crippen LogP contribution in [0.15, 0.2) is 42.5 Å². The fourth-order valence-corrected chi connectivity index (χ4v) is 3.54. The summed E-state index contributed by atoms with van der Waals surface area (Å²) in [6.45, 7) is 4.32. The highest BCUT2D eigenvalue weighted by Crippen LogP contribution is 2.38. The van der Waals surface area contributed by atoms with Gasteiger partial charge in [0.1, 0.15) is 0 Å². The van der Waals surface area contributed by atoms with Crippen LogP contribution in [0.5, 0.6) is 17.2 Å². The highest BCUT2D eigenvalue weighted by atomic mass is 16.5. The summed E-state index contributed by atoms with van der Waals surface area (Å²) in [6.07, 6.45) is 2.24. The monoisotopic (exact) mass is 385 g/mol. The number of amides is 1. The molecule has 0 aromatic heterocycles. The molecule has 0 radical (unpaired) electrons. The van der Waals surface area contributed by atoms with E-state index in [1.807, 2.05) is 30.3 Å². The molecule has 0 saturated carbocycles. The zero-order valence-corrected chi connectivity index (χ0v) is 17.5. The zero-order valence-electron chi connectivity index (χ0n) is 17.5. The van der Waals surface area contributed by atoms with Crippen LogP contribution in [-0.2, 0) is 11.2 Å². The lowest BCUT2D eigenvalue weighted by Gasteiger charge is -2.27. The lowest BCUT2D eigenvalue weighted by molar-refractivity contribution is -0.121. The third kappa shape index (κ3) is 5.18. The summed E-state index contributed by atoms with van der Waals surface area (Å²) in [4.78, 5) is 12.9. The van der Waals surface area contributed by atoms with Crippen molar-refractivity contribution in [1.82, 2.24) is 5.32 Å². The second kappa shape index (κ2) is 10.6. The first-order valence-electron chi connectivity index (χ1n) is 9.71. The Labute approximate surface area is 168 Å². The Bertz CT molecular complexity index is 731. The molecule has 1 N–H and O–H groups in total. The van der Waals surface area contributed by atoms with Gasteiger partial charge in [0, 0.05) is 0 Å². The predicted molar refractivity (Wildman–Crippen MR) is 111 cm³/mol. The van der Waals surface area contributed by atoms with Crippen molar-refractivity contribution in [3.05, 3.63) is 53.6 Å². The quantitative estimate of drug-likeness (QED) is 0.652. The largest absolute Gasteiger partial charge is 0.493 e. The van der Waals surface area contributed by atoms with Crippen LogP contribution in [0.25, 0.3) is 0 Å². The van der Waals surface area contributed by atoms with E-state index >= 15 is 0 Å². The molecule has 0 heterocycles. The minimum absolute atomic E-state index is 0.00857. The molecule has 0 spiro atoms. The summed E-state index contributed by atoms with van der Waals surface area (Å²) in [6, 6.07) is 13.8. The molecule has 0 fully saturated rings. The highest BCUT2D eigenvalue weighted by Gasteiger charge is 2.23. The molecule has 0 saturated heterocycles. The molecule has 0 aliphatic rings. The van der Waals surface area contributed by atoms with E-state index in [2.05, 4.69) is 31.3 Å². The molecule has 0 unspecified atom stereocenters. The van der Waals surface area contributed by atoms with Crippen molar-refractivity contribution in [2.45, 2.75) is 39.2 Å². The number of carbonyl (C=O) groups excluding carboxylic acids is 1. The van der Waals surface area contributed by atoms with Crippen molar-refractivity contribution >= 4 is 5.91 Å². The number of rotatable bonds is 10. The van der Waals surface area contributed by atoms with Crippen LogP contribution < -0.4 is 19.5 Å². The van der Waals surface area contributed by atoms with Crippen molar-refractivity contribution in [2.24, 2.45) is 5.92 Å². The lowest BCUT2D eigenvalue weighted by atomic mass is 9.88. The summed E-state index contributed by atoms with van der Waals surface area (Å²) in [5.74, 6) is 1.96. The van der Waals surface area contributed by atoms with Gasteiger partial charge < -0.3 is 19.5 Å². The van der Waals surface area contributed by atoms with E-state index in [0.717, 1.165) is 24.0 Å². The van der Waals surface area contributed by atoms with E-state index in [-0.39, 0.29) is 18.4 Å². The van der Waals surface area contributed by atoms with Gasteiger partial charge in [-0.15, -0.1) is 0 Å². The smallest absolute Gasteiger partial charge is 0.224 e. The molecule has 1 amide bonds. The van der Waals surface area contributed by atoms with E-state index in [4.69, 9.17) is 14.2 Å². The Hall–Kier alpha value is -2.69. The zero-order chi connectivity index (χ0) is 20.5. The fourth-order valence-electron chi connectivity index (χ4n) is 3.54. The Morgan fingerprint density at radius 3 is 1.96 bits per heavy atom. The van der Waals surface area contributed by atoms with Crippen molar-refractivity contribution in [3.8, 4) is 17.2 Å². The third-order valence-electron chi connectivity index (χ3n) is 5.08. The van der Waals surface area contributed by atoms with E-state index in [0.29, 0.717) is 23.2 Å². The van der Waals surface area contributed by atoms with Crippen molar-refractivity contribution in [1.29, 1.82) is 0 Å². The van der Waals surface area contributed by atoms with Gasteiger partial charge in [0.25, 0.3) is 0 Å². The topological polar surface area (TPSA) is 56.8 Å². The first-order chi connectivity index (χ1) is 13.6. The minimum atomic E-state index is -0.0324. The standard InChI is InChI=1S/C23H31NO4/c1-6-17(7-2)22(18-11-9-8-10-12-18)24-21(25)15-16-13-19(26-3)23(28-5)20(14-16)27-4/h8-14,17,22H,6-7,15H2,1-5H3,(H,24,25)/t22-/m0/s1. The average molecular weight is 386 g/mol. The molecule has 2 aromatic rings. The highest BCUT2D eigenvalue weighted by molar-refractivity contribution is 5.79. The van der Waals surface area contributed by atoms with Crippen molar-refractivity contribution < 1.29 is 19.0 Å². The van der Waals surface area contributed by atoms with Gasteiger partial charge in [-0.1, -0.05) is 57.0 Å². The van der Waals surface area contributed by atoms with Gasteiger partial charge in [0.05, 0.1) is 33.8 Å². The molecular formula is C23H31NO4. The number of hydrogen-bond donors (Lipinski definition) is 1. The molecule has 28 heavy (non-hydrogen) atoms. The molecule has 0 aliphatic heterocycles. The van der Waals surface area contributed by atoms with E-state index in [1.54, 1.807) is 21.3 Å². The molecule has 0 bridgehead atoms. The Morgan fingerprint density at radius 2 is 1.50 bits per heavy atom. The lowest BCUT2D eigenvalue weighted by Crippen LogP contribution is -2.34. The Kier molecular flexibility index (Phi) is 8.18. The summed E-state index contributed by atoms with van der Waals surface area (Å²) >= 11 is 0. The van der Waals surface area contributed by atoms with Crippen LogP contribution in [-0.4, -0.2) is 27.2 Å². The predicted octanol–water partition coefficient (Wildman–Crippen LogP) is 4.55. The van der Waals surface area contributed by atoms with Crippen LogP contribution in [0.4, 0.5) is 0 Å². The van der Waals surface area contributed by atoms with E-state index in [1.165, 1.54) is 0 Å². The van der Waals surface area contributed by atoms with Crippen LogP contribution in [0, 0.1) is 5.92 Å². The van der Waals surface area contributed by atoms with Gasteiger partial charge in [-0.05, 0) is 29.2 Å². The minimum Gasteiger partial charge on any atom is -0.493 e. The molecule has 0 aliphatic carbocycles. The SMILES string of the molecule is CCC(CC)[C@H](NC(=O)Cc1cc(OC)c(OC)c(OC)c1)c1ccccc1. The number of methoxy groups -OCH3 is 3. The van der Waals surface area contributed by atoms with Crippen molar-refractivity contribution in [3.63, 3.8) is 0 Å². The number of ether oxygens (including phenoxy) is 3. The molecule has 2 aromatic carbocycles. The van der Waals surface area contributed by atoms with Crippen LogP contribution in [0.3, 0.4) is 0 Å². The van der Waals surface area contributed by atoms with Crippen LogP contribution in [0.1, 0.15) is 43.9 Å². The van der Waals surface area contributed by atoms with Gasteiger partial charge in [0.15, 0.2) is 11.5 Å². The first kappa shape index (κ1) is 21.6. The maximum absolute atomic E-state index is 12.9. The maximum Gasteiger partial charge on any atom is 0.224 e. The fraction of sp³-hybridized carbons (Fsp3) is 0.435. The van der Waals surface area contributed by atoms with Crippen LogP contribution >= 0.6 is 0 Å². The normalized spacial score (nSPS) is 11.8. The average Bonchev–Trinajstić information content (AvgIpc) is 2.73. The number of hydrogen-bond acceptors (Lipinski definition) is 4. The van der Waals surface area contributed by atoms with Gasteiger partial charge in [-0.2, -0.15) is 0 Å². The number of carbonyl (C=O) groups is 1. The third-order valence-corrected chi connectivity index (χ3v) is 5.08. The summed E-state index contributed by atoms with van der Waals surface area (Å²) in [7, 11) is 4.70. The van der Waals surface area contributed by atoms with Gasteiger partial charge in [-0.25, -0.2) is 0 Å². The first-order valence-corrected chi connectivity index (χ1v) is 9.71. The molecule has 1 atom stereocenters. The number of nitrogens with one attached hydrogen (secondary N) is 1. The van der Waals surface area contributed by atoms with E-state index in [9.17, 15) is 4.79 Å². The van der Waals surface area contributed by atoms with Crippen LogP contribution in [0.2, 0.25) is 0 Å². The van der Waals surface area contributed by atoms with Gasteiger partial charge in [-0.3, -0.25) is 4.79 Å². The van der Waals surface area contributed by atoms with Gasteiger partial charge in [0.2, 0.25) is 11.7 Å². The number of benzene rings is 2. The second-order valence-corrected chi connectivity index (χ2v) is 6.74. The second-order valence-electron chi connectivity index (χ2n) is 6.74. The van der Waals surface area contributed by atoms with Gasteiger partial charge >= 0.3 is 0 Å². The molecular weight excluding hydrogens is 354 g/mol. The Balaban J connectivity index is 2.23. The van der Waals surface area contributed by atoms with E-state index < -0.39 is 0 Å². The maximum atomic E-state index is 12.9. The molecule has 5 nitrogen and oxygen atoms in total. The summed E-state index contributed by atoms with van der Waals surface area (Å²) in [5, 5.41) is 3.24.